The molecule has 2 aromatic carbocycles. The average molecular weight is 614 g/mol. The first-order valence-electron chi connectivity index (χ1n) is 15.1. The van der Waals surface area contributed by atoms with E-state index in [0.717, 1.165) is 37.1 Å². The van der Waals surface area contributed by atoms with E-state index in [2.05, 4.69) is 20.5 Å². The number of carboxylic acids is 1. The van der Waals surface area contributed by atoms with Crippen molar-refractivity contribution in [1.82, 2.24) is 9.97 Å². The number of amides is 2. The highest BCUT2D eigenvalue weighted by atomic mass is 16.5. The van der Waals surface area contributed by atoms with E-state index in [0.29, 0.717) is 40.7 Å². The number of nitrogens with two attached hydrogens (primary N) is 1. The SMILES string of the molecule is CC[C@@H]1C(=O)N(C)c2cnc(Nc3ccc(C(=O)Nc4ccc(C=CC[C@H](N)C(=O)O)cc4)cc3OC)nc2N1C1CCCC1. The smallest absolute Gasteiger partial charge is 0.320 e. The van der Waals surface area contributed by atoms with Crippen molar-refractivity contribution in [3.8, 4) is 5.75 Å². The van der Waals surface area contributed by atoms with Gasteiger partial charge in [0.05, 0.1) is 19.0 Å². The summed E-state index contributed by atoms with van der Waals surface area (Å²) in [6, 6.07) is 11.3. The number of hydrogen-bond acceptors (Lipinski definition) is 9. The molecule has 1 aromatic heterocycles. The number of anilines is 5. The molecule has 2 aliphatic rings. The van der Waals surface area contributed by atoms with Crippen LogP contribution in [0.15, 0.2) is 54.7 Å². The van der Waals surface area contributed by atoms with Gasteiger partial charge in [-0.1, -0.05) is 44.1 Å². The van der Waals surface area contributed by atoms with Crippen LogP contribution < -0.4 is 30.9 Å². The van der Waals surface area contributed by atoms with Crippen LogP contribution in [-0.2, 0) is 9.59 Å². The molecular formula is C33H39N7O5. The van der Waals surface area contributed by atoms with Crippen LogP contribution in [0.2, 0.25) is 0 Å². The molecule has 2 heterocycles. The van der Waals surface area contributed by atoms with Gasteiger partial charge in [-0.05, 0) is 61.6 Å². The third-order valence-electron chi connectivity index (χ3n) is 8.31. The van der Waals surface area contributed by atoms with Gasteiger partial charge in [0, 0.05) is 24.3 Å². The Labute approximate surface area is 262 Å². The van der Waals surface area contributed by atoms with Gasteiger partial charge >= 0.3 is 5.97 Å². The monoisotopic (exact) mass is 613 g/mol. The molecule has 1 aliphatic carbocycles. The summed E-state index contributed by atoms with van der Waals surface area (Å²) in [7, 11) is 3.30. The molecule has 1 fully saturated rings. The van der Waals surface area contributed by atoms with E-state index in [1.807, 2.05) is 19.1 Å². The van der Waals surface area contributed by atoms with Crippen LogP contribution in [0.25, 0.3) is 6.08 Å². The number of fused-ring (bicyclic) bond motifs is 1. The number of aromatic nitrogens is 2. The molecule has 1 saturated carbocycles. The Hall–Kier alpha value is -4.97. The first-order chi connectivity index (χ1) is 21.7. The quantitative estimate of drug-likeness (QED) is 0.236. The first kappa shape index (κ1) is 31.5. The molecule has 0 unspecified atom stereocenters. The summed E-state index contributed by atoms with van der Waals surface area (Å²) >= 11 is 0. The predicted molar refractivity (Wildman–Crippen MR) is 174 cm³/mol. The highest BCUT2D eigenvalue weighted by molar-refractivity contribution is 6.05. The zero-order valence-corrected chi connectivity index (χ0v) is 25.7. The average Bonchev–Trinajstić information content (AvgIpc) is 3.58. The van der Waals surface area contributed by atoms with Gasteiger partial charge in [0.15, 0.2) is 5.82 Å². The number of nitrogens with one attached hydrogen (secondary N) is 2. The van der Waals surface area contributed by atoms with E-state index < -0.39 is 12.0 Å². The normalized spacial score (nSPS) is 17.3. The molecule has 3 aromatic rings. The minimum absolute atomic E-state index is 0.0581. The van der Waals surface area contributed by atoms with Crippen molar-refractivity contribution < 1.29 is 24.2 Å². The lowest BCUT2D eigenvalue weighted by atomic mass is 10.0. The van der Waals surface area contributed by atoms with Crippen LogP contribution in [0.1, 0.15) is 61.4 Å². The molecule has 45 heavy (non-hydrogen) atoms. The van der Waals surface area contributed by atoms with Crippen molar-refractivity contribution in [2.45, 2.75) is 63.6 Å². The van der Waals surface area contributed by atoms with E-state index in [1.165, 1.54) is 7.11 Å². The standard InChI is InChI=1S/C33H39N7O5/c1-4-26-31(42)39(2)27-19-35-33(38-29(27)40(26)23-9-5-6-10-23)37-25-17-14-21(18-28(25)45-3)30(41)36-22-15-12-20(13-16-22)8-7-11-24(34)32(43)44/h7-8,12-19,23-24,26H,4-6,9-11,34H2,1-3H3,(H,36,41)(H,43,44)(H,35,37,38)/t24-,26+/m0/s1. The maximum atomic E-state index is 13.2. The van der Waals surface area contributed by atoms with Crippen molar-refractivity contribution in [3.05, 3.63) is 65.9 Å². The minimum atomic E-state index is -1.05. The number of rotatable bonds is 11. The van der Waals surface area contributed by atoms with Crippen molar-refractivity contribution >= 4 is 52.7 Å². The van der Waals surface area contributed by atoms with Crippen LogP contribution in [-0.4, -0.2) is 65.1 Å². The third kappa shape index (κ3) is 6.91. The van der Waals surface area contributed by atoms with Crippen LogP contribution in [0, 0.1) is 0 Å². The highest BCUT2D eigenvalue weighted by Gasteiger charge is 2.41. The van der Waals surface area contributed by atoms with Crippen molar-refractivity contribution in [2.24, 2.45) is 5.73 Å². The van der Waals surface area contributed by atoms with Gasteiger partial charge in [-0.25, -0.2) is 4.98 Å². The summed E-state index contributed by atoms with van der Waals surface area (Å²) in [4.78, 5) is 50.3. The van der Waals surface area contributed by atoms with Crippen molar-refractivity contribution in [2.75, 3.05) is 34.6 Å². The first-order valence-corrected chi connectivity index (χ1v) is 15.1. The molecule has 2 amide bonds. The maximum Gasteiger partial charge on any atom is 0.320 e. The van der Waals surface area contributed by atoms with E-state index in [4.69, 9.17) is 20.6 Å². The number of carbonyl (C=O) groups is 3. The maximum absolute atomic E-state index is 13.2. The number of methoxy groups -OCH3 is 1. The zero-order valence-electron chi connectivity index (χ0n) is 25.7. The number of benzene rings is 2. The van der Waals surface area contributed by atoms with Gasteiger partial charge in [0.1, 0.15) is 23.5 Å². The van der Waals surface area contributed by atoms with Crippen LogP contribution in [0.3, 0.4) is 0 Å². The number of carbonyl (C=O) groups excluding carboxylic acids is 2. The van der Waals surface area contributed by atoms with Gasteiger partial charge < -0.3 is 36.0 Å². The Balaban J connectivity index is 1.30. The van der Waals surface area contributed by atoms with E-state index in [9.17, 15) is 14.4 Å². The van der Waals surface area contributed by atoms with E-state index in [1.54, 1.807) is 60.6 Å². The number of carboxylic acid groups (broad SMARTS) is 1. The third-order valence-corrected chi connectivity index (χ3v) is 8.31. The lowest BCUT2D eigenvalue weighted by Crippen LogP contribution is -2.55. The number of ether oxygens (including phenoxy) is 1. The second-order valence-corrected chi connectivity index (χ2v) is 11.3. The second-order valence-electron chi connectivity index (χ2n) is 11.3. The Bertz CT molecular complexity index is 1590. The minimum Gasteiger partial charge on any atom is -0.495 e. The number of nitrogens with zero attached hydrogens (tertiary/aromatic N) is 4. The lowest BCUT2D eigenvalue weighted by Gasteiger charge is -2.43. The second kappa shape index (κ2) is 13.8. The van der Waals surface area contributed by atoms with Crippen LogP contribution >= 0.6 is 0 Å². The Kier molecular flexibility index (Phi) is 9.62. The number of likely N-dealkylation sites (N-methyl/N-ethyl adjacent to an activating group) is 1. The summed E-state index contributed by atoms with van der Waals surface area (Å²) in [6.07, 6.45) is 10.4. The van der Waals surface area contributed by atoms with E-state index >= 15 is 0 Å². The summed E-state index contributed by atoms with van der Waals surface area (Å²) in [5.74, 6) is 0.245. The topological polar surface area (TPSA) is 163 Å². The van der Waals surface area contributed by atoms with Crippen molar-refractivity contribution in [1.29, 1.82) is 0 Å². The van der Waals surface area contributed by atoms with Crippen LogP contribution in [0.5, 0.6) is 5.75 Å². The Morgan fingerprint density at radius 1 is 1.18 bits per heavy atom. The summed E-state index contributed by atoms with van der Waals surface area (Å²) < 4.78 is 5.61. The number of aliphatic carboxylic acids is 1. The Morgan fingerprint density at radius 3 is 2.58 bits per heavy atom. The fourth-order valence-electron chi connectivity index (χ4n) is 5.83. The van der Waals surface area contributed by atoms with Crippen LogP contribution in [0.4, 0.5) is 28.8 Å². The highest BCUT2D eigenvalue weighted by Crippen LogP contribution is 2.40. The largest absolute Gasteiger partial charge is 0.495 e. The molecule has 12 nitrogen and oxygen atoms in total. The molecule has 1 aliphatic heterocycles. The summed E-state index contributed by atoms with van der Waals surface area (Å²) in [5.41, 5.74) is 8.65. The number of hydrogen-bond donors (Lipinski definition) is 4. The molecule has 5 N–H and O–H groups in total. The van der Waals surface area contributed by atoms with Gasteiger partial charge in [0.2, 0.25) is 11.9 Å². The van der Waals surface area contributed by atoms with Gasteiger partial charge in [0.25, 0.3) is 5.91 Å². The molecule has 236 valence electrons. The zero-order chi connectivity index (χ0) is 32.1. The van der Waals surface area contributed by atoms with E-state index in [-0.39, 0.29) is 30.3 Å². The predicted octanol–water partition coefficient (Wildman–Crippen LogP) is 4.80. The van der Waals surface area contributed by atoms with Crippen molar-refractivity contribution in [3.63, 3.8) is 0 Å². The van der Waals surface area contributed by atoms with Gasteiger partial charge in [-0.15, -0.1) is 0 Å². The molecule has 0 bridgehead atoms. The molecule has 0 saturated heterocycles. The molecule has 5 rings (SSSR count). The molecule has 2 atom stereocenters. The summed E-state index contributed by atoms with van der Waals surface area (Å²) in [5, 5.41) is 15.0. The molecular weight excluding hydrogens is 574 g/mol. The Morgan fingerprint density at radius 2 is 1.91 bits per heavy atom. The lowest BCUT2D eigenvalue weighted by molar-refractivity contribution is -0.138. The summed E-state index contributed by atoms with van der Waals surface area (Å²) in [6.45, 7) is 2.03. The fourth-order valence-corrected chi connectivity index (χ4v) is 5.83. The van der Waals surface area contributed by atoms with Gasteiger partial charge in [-0.3, -0.25) is 14.4 Å². The molecule has 0 spiro atoms. The molecule has 0 radical (unpaired) electrons. The van der Waals surface area contributed by atoms with Gasteiger partial charge in [-0.2, -0.15) is 4.98 Å². The fraction of sp³-hybridized carbons (Fsp3) is 0.364. The molecule has 12 heteroatoms.